The molecule has 1 amide bonds. The number of ether oxygens (including phenoxy) is 1. The highest BCUT2D eigenvalue weighted by Crippen LogP contribution is 2.22. The van der Waals surface area contributed by atoms with Gasteiger partial charge in [-0.05, 0) is 24.2 Å². The summed E-state index contributed by atoms with van der Waals surface area (Å²) in [5.41, 5.74) is 5.84. The van der Waals surface area contributed by atoms with Crippen molar-refractivity contribution in [2.75, 3.05) is 26.8 Å². The molecule has 1 atom stereocenters. The van der Waals surface area contributed by atoms with Crippen LogP contribution >= 0.6 is 12.4 Å². The van der Waals surface area contributed by atoms with Gasteiger partial charge in [0.2, 0.25) is 5.91 Å². The fourth-order valence-electron chi connectivity index (χ4n) is 2.12. The number of nitrogens with two attached hydrogens (primary N) is 1. The summed E-state index contributed by atoms with van der Waals surface area (Å²) in [5.74, 6) is 0.684. The van der Waals surface area contributed by atoms with Crippen LogP contribution in [-0.4, -0.2) is 43.7 Å². The quantitative estimate of drug-likeness (QED) is 0.854. The highest BCUT2D eigenvalue weighted by Gasteiger charge is 2.32. The number of piperidine rings is 1. The van der Waals surface area contributed by atoms with Crippen LogP contribution in [0.2, 0.25) is 0 Å². The molecule has 5 heteroatoms. The molecule has 0 unspecified atom stereocenters. The van der Waals surface area contributed by atoms with Crippen LogP contribution in [0.3, 0.4) is 0 Å². The van der Waals surface area contributed by atoms with E-state index in [-0.39, 0.29) is 23.7 Å². The fourth-order valence-corrected chi connectivity index (χ4v) is 2.12. The summed E-state index contributed by atoms with van der Waals surface area (Å²) in [5, 5.41) is 0. The molecule has 1 aliphatic rings. The first-order valence-corrected chi connectivity index (χ1v) is 6.39. The van der Waals surface area contributed by atoms with Gasteiger partial charge in [0.05, 0.1) is 6.04 Å². The van der Waals surface area contributed by atoms with Crippen molar-refractivity contribution in [2.45, 2.75) is 39.7 Å². The van der Waals surface area contributed by atoms with Gasteiger partial charge in [-0.3, -0.25) is 4.79 Å². The van der Waals surface area contributed by atoms with E-state index >= 15 is 0 Å². The first-order valence-electron chi connectivity index (χ1n) is 6.39. The predicted molar refractivity (Wildman–Crippen MR) is 75.9 cm³/mol. The molecule has 2 N–H and O–H groups in total. The minimum Gasteiger partial charge on any atom is -0.384 e. The summed E-state index contributed by atoms with van der Waals surface area (Å²) < 4.78 is 5.15. The molecule has 0 radical (unpaired) electrons. The average molecular weight is 279 g/mol. The second kappa shape index (κ2) is 7.31. The van der Waals surface area contributed by atoms with Crippen molar-refractivity contribution in [3.63, 3.8) is 0 Å². The van der Waals surface area contributed by atoms with E-state index in [0.717, 1.165) is 32.5 Å². The Labute approximate surface area is 117 Å². The zero-order chi connectivity index (χ0) is 13.1. The van der Waals surface area contributed by atoms with Gasteiger partial charge in [0, 0.05) is 26.8 Å². The number of amides is 1. The van der Waals surface area contributed by atoms with E-state index in [1.807, 2.05) is 25.7 Å². The van der Waals surface area contributed by atoms with Crippen molar-refractivity contribution in [1.82, 2.24) is 4.90 Å². The Bertz CT molecular complexity index is 258. The average Bonchev–Trinajstić information content (AvgIpc) is 2.27. The highest BCUT2D eigenvalue weighted by molar-refractivity contribution is 5.85. The Morgan fingerprint density at radius 1 is 1.39 bits per heavy atom. The van der Waals surface area contributed by atoms with Crippen molar-refractivity contribution < 1.29 is 9.53 Å². The smallest absolute Gasteiger partial charge is 0.240 e. The Kier molecular flexibility index (Phi) is 7.18. The molecule has 1 heterocycles. The summed E-state index contributed by atoms with van der Waals surface area (Å²) in [6.07, 6.45) is 2.05. The molecule has 1 rings (SSSR count). The zero-order valence-corrected chi connectivity index (χ0v) is 12.8. The maximum atomic E-state index is 12.2. The van der Waals surface area contributed by atoms with Crippen molar-refractivity contribution in [1.29, 1.82) is 0 Å². The van der Waals surface area contributed by atoms with Crippen LogP contribution in [-0.2, 0) is 9.53 Å². The number of rotatable bonds is 3. The van der Waals surface area contributed by atoms with Crippen LogP contribution in [0.5, 0.6) is 0 Å². The van der Waals surface area contributed by atoms with Crippen LogP contribution in [0.15, 0.2) is 0 Å². The van der Waals surface area contributed by atoms with E-state index in [1.54, 1.807) is 7.11 Å². The molecule has 0 bridgehead atoms. The molecule has 0 aromatic rings. The molecule has 0 aliphatic carbocycles. The number of carbonyl (C=O) groups is 1. The summed E-state index contributed by atoms with van der Waals surface area (Å²) in [7, 11) is 1.73. The zero-order valence-electron chi connectivity index (χ0n) is 11.9. The van der Waals surface area contributed by atoms with Crippen LogP contribution in [0.4, 0.5) is 0 Å². The summed E-state index contributed by atoms with van der Waals surface area (Å²) in [6, 6.07) is -0.401. The summed E-state index contributed by atoms with van der Waals surface area (Å²) in [4.78, 5) is 14.1. The van der Waals surface area contributed by atoms with Crippen molar-refractivity contribution >= 4 is 18.3 Å². The monoisotopic (exact) mass is 278 g/mol. The van der Waals surface area contributed by atoms with Crippen LogP contribution in [0.1, 0.15) is 33.6 Å². The number of methoxy groups -OCH3 is 1. The Morgan fingerprint density at radius 3 is 2.28 bits per heavy atom. The predicted octanol–water partition coefficient (Wildman–Crippen LogP) is 1.67. The summed E-state index contributed by atoms with van der Waals surface area (Å²) >= 11 is 0. The number of hydrogen-bond donors (Lipinski definition) is 1. The number of likely N-dealkylation sites (tertiary alicyclic amines) is 1. The molecule has 4 nitrogen and oxygen atoms in total. The van der Waals surface area contributed by atoms with Crippen LogP contribution in [0, 0.1) is 11.3 Å². The number of halogens is 1. The minimum atomic E-state index is -0.401. The topological polar surface area (TPSA) is 55.6 Å². The lowest BCUT2D eigenvalue weighted by Gasteiger charge is -2.36. The van der Waals surface area contributed by atoms with E-state index in [1.165, 1.54) is 0 Å². The van der Waals surface area contributed by atoms with Gasteiger partial charge in [-0.25, -0.2) is 0 Å². The van der Waals surface area contributed by atoms with Gasteiger partial charge in [0.25, 0.3) is 0 Å². The second-order valence-electron chi connectivity index (χ2n) is 6.07. The summed E-state index contributed by atoms with van der Waals surface area (Å²) in [6.45, 7) is 8.45. The first-order chi connectivity index (χ1) is 7.86. The fraction of sp³-hybridized carbons (Fsp3) is 0.923. The van der Waals surface area contributed by atoms with Crippen molar-refractivity contribution in [2.24, 2.45) is 17.1 Å². The van der Waals surface area contributed by atoms with Gasteiger partial charge in [-0.15, -0.1) is 12.4 Å². The molecule has 0 saturated carbocycles. The third kappa shape index (κ3) is 4.75. The van der Waals surface area contributed by atoms with E-state index in [9.17, 15) is 4.79 Å². The Balaban J connectivity index is 0.00000289. The molecule has 0 aromatic carbocycles. The van der Waals surface area contributed by atoms with E-state index in [4.69, 9.17) is 10.5 Å². The van der Waals surface area contributed by atoms with Crippen molar-refractivity contribution in [3.8, 4) is 0 Å². The van der Waals surface area contributed by atoms with Gasteiger partial charge < -0.3 is 15.4 Å². The highest BCUT2D eigenvalue weighted by atomic mass is 35.5. The molecule has 108 valence electrons. The van der Waals surface area contributed by atoms with E-state index in [0.29, 0.717) is 5.92 Å². The molecule has 0 aromatic heterocycles. The largest absolute Gasteiger partial charge is 0.384 e. The lowest BCUT2D eigenvalue weighted by Crippen LogP contribution is -2.52. The standard InChI is InChI=1S/C13H26N2O2.ClH/c1-13(2,3)11(14)12(16)15-7-5-10(6-8-15)9-17-4;/h10-11H,5-9,14H2,1-4H3;1H/t11-;/m1./s1. The number of nitrogens with zero attached hydrogens (tertiary/aromatic N) is 1. The lowest BCUT2D eigenvalue weighted by molar-refractivity contribution is -0.136. The van der Waals surface area contributed by atoms with Crippen molar-refractivity contribution in [3.05, 3.63) is 0 Å². The Hall–Kier alpha value is -0.320. The number of hydrogen-bond acceptors (Lipinski definition) is 3. The maximum absolute atomic E-state index is 12.2. The lowest BCUT2D eigenvalue weighted by atomic mass is 9.86. The number of carbonyl (C=O) groups excluding carboxylic acids is 1. The molecule has 1 fully saturated rings. The molecule has 0 spiro atoms. The van der Waals surface area contributed by atoms with Crippen LogP contribution in [0.25, 0.3) is 0 Å². The molecular formula is C13H27ClN2O2. The second-order valence-corrected chi connectivity index (χ2v) is 6.07. The first kappa shape index (κ1) is 17.7. The van der Waals surface area contributed by atoms with Gasteiger partial charge in [-0.2, -0.15) is 0 Å². The van der Waals surface area contributed by atoms with E-state index in [2.05, 4.69) is 0 Å². The molecular weight excluding hydrogens is 252 g/mol. The van der Waals surface area contributed by atoms with Gasteiger partial charge in [0.15, 0.2) is 0 Å². The Morgan fingerprint density at radius 2 is 1.89 bits per heavy atom. The SMILES string of the molecule is COCC1CCN(C(=O)[C@@H](N)C(C)(C)C)CC1.Cl. The van der Waals surface area contributed by atoms with Gasteiger partial charge in [-0.1, -0.05) is 20.8 Å². The van der Waals surface area contributed by atoms with Gasteiger partial charge in [0.1, 0.15) is 0 Å². The third-order valence-corrected chi connectivity index (χ3v) is 3.53. The molecule has 1 aliphatic heterocycles. The minimum absolute atomic E-state index is 0. The van der Waals surface area contributed by atoms with Crippen LogP contribution < -0.4 is 5.73 Å². The van der Waals surface area contributed by atoms with Gasteiger partial charge >= 0.3 is 0 Å². The normalized spacial score (nSPS) is 19.3. The maximum Gasteiger partial charge on any atom is 0.240 e. The molecule has 18 heavy (non-hydrogen) atoms. The third-order valence-electron chi connectivity index (χ3n) is 3.53. The van der Waals surface area contributed by atoms with E-state index < -0.39 is 6.04 Å². The molecule has 1 saturated heterocycles.